The van der Waals surface area contributed by atoms with Crippen molar-refractivity contribution in [1.29, 1.82) is 0 Å². The third kappa shape index (κ3) is 5.10. The topological polar surface area (TPSA) is 71.8 Å². The molecule has 0 unspecified atom stereocenters. The summed E-state index contributed by atoms with van der Waals surface area (Å²) in [5.74, 6) is -1.82. The van der Waals surface area contributed by atoms with E-state index in [9.17, 15) is 27.6 Å². The van der Waals surface area contributed by atoms with Gasteiger partial charge in [0.15, 0.2) is 5.69 Å². The van der Waals surface area contributed by atoms with E-state index in [1.807, 2.05) is 48.5 Å². The quantitative estimate of drug-likeness (QED) is 0.377. The summed E-state index contributed by atoms with van der Waals surface area (Å²) < 4.78 is 49.0. The number of hydrogen-bond donors (Lipinski definition) is 0. The molecule has 0 spiro atoms. The van der Waals surface area contributed by atoms with E-state index in [0.29, 0.717) is 10.7 Å². The number of carbonyl (C=O) groups is 2. The summed E-state index contributed by atoms with van der Waals surface area (Å²) in [4.78, 5) is 40.9. The van der Waals surface area contributed by atoms with Gasteiger partial charge < -0.3 is 9.64 Å². The lowest BCUT2D eigenvalue weighted by molar-refractivity contribution is -0.173. The molecule has 0 saturated heterocycles. The molecule has 0 saturated carbocycles. The van der Waals surface area contributed by atoms with Gasteiger partial charge in [-0.1, -0.05) is 56.3 Å². The standard InChI is InChI=1S/C29H28F3N3O4S/c1-17(2)14-24(37)39-27-22(36)12-13-34-26(27)28(38)33(18(3)29(30,31)32)16-35(34)25-20-9-5-4-8-19(20)15-40-23-11-7-6-10-21(23)25/h4-13,17-18,25H,14-16H2,1-3H3/t18-,25+/m1/s1. The van der Waals surface area contributed by atoms with Crippen LogP contribution in [0.4, 0.5) is 13.2 Å². The molecule has 11 heteroatoms. The highest BCUT2D eigenvalue weighted by atomic mass is 32.2. The van der Waals surface area contributed by atoms with Crippen molar-refractivity contribution in [3.05, 3.63) is 93.4 Å². The van der Waals surface area contributed by atoms with Crippen molar-refractivity contribution >= 4 is 23.6 Å². The first-order valence-corrected chi connectivity index (χ1v) is 13.9. The Kier molecular flexibility index (Phi) is 7.43. The number of pyridine rings is 1. The first-order chi connectivity index (χ1) is 19.0. The van der Waals surface area contributed by atoms with Gasteiger partial charge in [0.25, 0.3) is 5.91 Å². The number of benzene rings is 2. The van der Waals surface area contributed by atoms with Crippen LogP contribution in [-0.4, -0.2) is 40.3 Å². The van der Waals surface area contributed by atoms with Crippen molar-refractivity contribution in [1.82, 2.24) is 9.58 Å². The van der Waals surface area contributed by atoms with Crippen LogP contribution in [0.15, 0.2) is 70.5 Å². The highest BCUT2D eigenvalue weighted by Gasteiger charge is 2.48. The van der Waals surface area contributed by atoms with Gasteiger partial charge in [0.1, 0.15) is 12.7 Å². The number of ether oxygens (including phenoxy) is 1. The van der Waals surface area contributed by atoms with Crippen LogP contribution in [0.5, 0.6) is 5.75 Å². The lowest BCUT2D eigenvalue weighted by atomic mass is 9.94. The number of fused-ring (bicyclic) bond motifs is 3. The van der Waals surface area contributed by atoms with Crippen LogP contribution in [0.25, 0.3) is 0 Å². The molecule has 3 heterocycles. The Bertz CT molecular complexity index is 1470. The molecular formula is C29H28F3N3O4S. The van der Waals surface area contributed by atoms with Gasteiger partial charge in [0.2, 0.25) is 11.2 Å². The molecule has 2 atom stereocenters. The fourth-order valence-electron chi connectivity index (χ4n) is 5.03. The second-order valence-electron chi connectivity index (χ2n) is 10.3. The molecular weight excluding hydrogens is 543 g/mol. The Balaban J connectivity index is 1.75. The van der Waals surface area contributed by atoms with E-state index >= 15 is 0 Å². The van der Waals surface area contributed by atoms with Crippen LogP contribution in [-0.2, 0) is 10.5 Å². The molecule has 0 radical (unpaired) electrons. The molecule has 0 fully saturated rings. The number of nitrogens with zero attached hydrogens (tertiary/aromatic N) is 3. The summed E-state index contributed by atoms with van der Waals surface area (Å²) in [6, 6.07) is 13.7. The maximum atomic E-state index is 14.1. The zero-order valence-electron chi connectivity index (χ0n) is 22.1. The fourth-order valence-corrected chi connectivity index (χ4v) is 6.12. The zero-order valence-corrected chi connectivity index (χ0v) is 23.0. The largest absolute Gasteiger partial charge is 0.420 e. The summed E-state index contributed by atoms with van der Waals surface area (Å²) in [5, 5.41) is 1.63. The van der Waals surface area contributed by atoms with Gasteiger partial charge in [-0.25, -0.2) is 0 Å². The number of aromatic nitrogens is 1. The van der Waals surface area contributed by atoms with Crippen LogP contribution >= 0.6 is 11.8 Å². The van der Waals surface area contributed by atoms with Gasteiger partial charge in [-0.05, 0) is 35.6 Å². The Labute approximate surface area is 233 Å². The minimum absolute atomic E-state index is 0.0328. The van der Waals surface area contributed by atoms with E-state index in [1.165, 1.54) is 10.9 Å². The minimum Gasteiger partial charge on any atom is -0.420 e. The number of alkyl halides is 3. The Morgan fingerprint density at radius 2 is 1.70 bits per heavy atom. The third-order valence-electron chi connectivity index (χ3n) is 7.05. The van der Waals surface area contributed by atoms with Crippen molar-refractivity contribution in [3.8, 4) is 5.75 Å². The molecule has 40 heavy (non-hydrogen) atoms. The summed E-state index contributed by atoms with van der Waals surface area (Å²) in [6.45, 7) is 4.05. The number of rotatable bonds is 5. The molecule has 1 aromatic heterocycles. The van der Waals surface area contributed by atoms with Gasteiger partial charge in [0, 0.05) is 29.3 Å². The van der Waals surface area contributed by atoms with E-state index in [2.05, 4.69) is 0 Å². The van der Waals surface area contributed by atoms with E-state index in [-0.39, 0.29) is 12.3 Å². The Hall–Kier alpha value is -3.73. The third-order valence-corrected chi connectivity index (χ3v) is 8.19. The second-order valence-corrected chi connectivity index (χ2v) is 11.3. The van der Waals surface area contributed by atoms with Crippen molar-refractivity contribution in [2.75, 3.05) is 11.7 Å². The van der Waals surface area contributed by atoms with Crippen molar-refractivity contribution in [2.45, 2.75) is 56.1 Å². The maximum absolute atomic E-state index is 14.1. The molecule has 2 aromatic carbocycles. The molecule has 0 bridgehead atoms. The lowest BCUT2D eigenvalue weighted by Gasteiger charge is -2.46. The number of hydrogen-bond acceptors (Lipinski definition) is 6. The van der Waals surface area contributed by atoms with Gasteiger partial charge in [-0.2, -0.15) is 13.2 Å². The summed E-state index contributed by atoms with van der Waals surface area (Å²) >= 11 is 1.62. The predicted molar refractivity (Wildman–Crippen MR) is 145 cm³/mol. The first-order valence-electron chi connectivity index (χ1n) is 12.9. The number of thioether (sulfide) groups is 1. The van der Waals surface area contributed by atoms with Crippen LogP contribution in [0.2, 0.25) is 0 Å². The molecule has 5 rings (SSSR count). The fraction of sp³-hybridized carbons (Fsp3) is 0.345. The lowest BCUT2D eigenvalue weighted by Crippen LogP contribution is -2.60. The normalized spacial score (nSPS) is 17.6. The van der Waals surface area contributed by atoms with Gasteiger partial charge in [0.05, 0.1) is 6.04 Å². The Morgan fingerprint density at radius 1 is 1.02 bits per heavy atom. The summed E-state index contributed by atoms with van der Waals surface area (Å²) in [6.07, 6.45) is -3.41. The average Bonchev–Trinajstić information content (AvgIpc) is 3.06. The van der Waals surface area contributed by atoms with E-state index in [4.69, 9.17) is 4.74 Å². The first kappa shape index (κ1) is 27.8. The average molecular weight is 572 g/mol. The van der Waals surface area contributed by atoms with Crippen LogP contribution in [0, 0.1) is 5.92 Å². The van der Waals surface area contributed by atoms with Crippen molar-refractivity contribution < 1.29 is 27.5 Å². The van der Waals surface area contributed by atoms with Crippen molar-refractivity contribution in [3.63, 3.8) is 0 Å². The number of carbonyl (C=O) groups excluding carboxylic acids is 2. The Morgan fingerprint density at radius 3 is 2.40 bits per heavy atom. The smallest absolute Gasteiger partial charge is 0.408 e. The predicted octanol–water partition coefficient (Wildman–Crippen LogP) is 5.50. The second kappa shape index (κ2) is 10.7. The number of esters is 1. The molecule has 0 aliphatic carbocycles. The maximum Gasteiger partial charge on any atom is 0.408 e. The van der Waals surface area contributed by atoms with Crippen LogP contribution < -0.4 is 15.2 Å². The molecule has 2 aliphatic rings. The monoisotopic (exact) mass is 571 g/mol. The molecule has 210 valence electrons. The van der Waals surface area contributed by atoms with Gasteiger partial charge in [-0.3, -0.25) is 24.1 Å². The minimum atomic E-state index is -4.73. The SMILES string of the molecule is CC(C)CC(=O)Oc1c2n(ccc1=O)N([C@H]1c3ccccc3CSc3ccccc31)CN([C@H](C)C(F)(F)F)C2=O. The van der Waals surface area contributed by atoms with E-state index in [1.54, 1.807) is 30.6 Å². The molecule has 7 nitrogen and oxygen atoms in total. The number of amides is 1. The van der Waals surface area contributed by atoms with E-state index in [0.717, 1.165) is 34.6 Å². The van der Waals surface area contributed by atoms with Crippen molar-refractivity contribution in [2.24, 2.45) is 5.92 Å². The van der Waals surface area contributed by atoms with Crippen LogP contribution in [0.3, 0.4) is 0 Å². The van der Waals surface area contributed by atoms with Crippen LogP contribution in [0.1, 0.15) is 60.4 Å². The highest BCUT2D eigenvalue weighted by molar-refractivity contribution is 7.98. The molecule has 1 amide bonds. The van der Waals surface area contributed by atoms with Gasteiger partial charge in [-0.15, -0.1) is 11.8 Å². The van der Waals surface area contributed by atoms with Gasteiger partial charge >= 0.3 is 12.1 Å². The van der Waals surface area contributed by atoms with E-state index < -0.39 is 53.7 Å². The number of halogens is 3. The zero-order chi connectivity index (χ0) is 28.8. The summed E-state index contributed by atoms with van der Waals surface area (Å²) in [5.41, 5.74) is 1.51. The molecule has 0 N–H and O–H groups in total. The molecule has 2 aliphatic heterocycles. The summed E-state index contributed by atoms with van der Waals surface area (Å²) in [7, 11) is 0. The highest BCUT2D eigenvalue weighted by Crippen LogP contribution is 2.43. The molecule has 3 aromatic rings.